The Bertz CT molecular complexity index is 1040. The number of hydrogen-bond acceptors (Lipinski definition) is 8. The first-order valence-electron chi connectivity index (χ1n) is 9.60. The second-order valence-corrected chi connectivity index (χ2v) is 6.54. The number of carbonyl (C=O) groups excluding carboxylic acids is 3. The molecule has 0 aromatic heterocycles. The van der Waals surface area contributed by atoms with E-state index in [2.05, 4.69) is 5.43 Å². The molecule has 32 heavy (non-hydrogen) atoms. The lowest BCUT2D eigenvalue weighted by atomic mass is 10.0. The number of nitrogens with one attached hydrogen (secondary N) is 1. The first-order chi connectivity index (χ1) is 15.5. The van der Waals surface area contributed by atoms with Crippen LogP contribution >= 0.6 is 0 Å². The number of rotatable bonds is 7. The number of benzene rings is 3. The van der Waals surface area contributed by atoms with Crippen LogP contribution < -0.4 is 10.4 Å². The van der Waals surface area contributed by atoms with Crippen molar-refractivity contribution in [3.05, 3.63) is 89.5 Å². The van der Waals surface area contributed by atoms with E-state index in [1.165, 1.54) is 33.5 Å². The quantitative estimate of drug-likeness (QED) is 0.336. The normalized spacial score (nSPS) is 10.1. The van der Waals surface area contributed by atoms with Gasteiger partial charge in [-0.2, -0.15) is 0 Å². The smallest absolute Gasteiger partial charge is 0.340 e. The van der Waals surface area contributed by atoms with Gasteiger partial charge in [-0.1, -0.05) is 36.4 Å². The highest BCUT2D eigenvalue weighted by molar-refractivity contribution is 6.08. The van der Waals surface area contributed by atoms with Crippen molar-refractivity contribution in [1.82, 2.24) is 0 Å². The number of carbonyl (C=O) groups is 3. The third-order valence-electron chi connectivity index (χ3n) is 4.62. The summed E-state index contributed by atoms with van der Waals surface area (Å²) >= 11 is 0. The Morgan fingerprint density at radius 2 is 1.06 bits per heavy atom. The van der Waals surface area contributed by atoms with Gasteiger partial charge in [0.2, 0.25) is 0 Å². The monoisotopic (exact) mass is 434 g/mol. The molecule has 3 aromatic rings. The molecule has 0 aliphatic carbocycles. The number of ether oxygens (including phenoxy) is 3. The van der Waals surface area contributed by atoms with Crippen molar-refractivity contribution in [2.24, 2.45) is 0 Å². The number of hydrogen-bond donors (Lipinski definition) is 1. The molecule has 0 aliphatic rings. The Morgan fingerprint density at radius 1 is 0.656 bits per heavy atom. The highest BCUT2D eigenvalue weighted by Crippen LogP contribution is 2.31. The summed E-state index contributed by atoms with van der Waals surface area (Å²) in [5.41, 5.74) is 4.67. The molecule has 0 bridgehead atoms. The van der Waals surface area contributed by atoms with Crippen LogP contribution in [0.1, 0.15) is 31.1 Å². The third-order valence-corrected chi connectivity index (χ3v) is 4.62. The maximum absolute atomic E-state index is 12.6. The minimum atomic E-state index is -0.746. The average Bonchev–Trinajstić information content (AvgIpc) is 2.86. The van der Waals surface area contributed by atoms with Gasteiger partial charge in [0.25, 0.3) is 0 Å². The summed E-state index contributed by atoms with van der Waals surface area (Å²) in [6.07, 6.45) is 0. The van der Waals surface area contributed by atoms with E-state index in [9.17, 15) is 14.4 Å². The maximum Gasteiger partial charge on any atom is 0.340 e. The van der Waals surface area contributed by atoms with Gasteiger partial charge in [-0.05, 0) is 36.4 Å². The van der Waals surface area contributed by atoms with Crippen LogP contribution in [-0.4, -0.2) is 39.2 Å². The van der Waals surface area contributed by atoms with E-state index < -0.39 is 17.9 Å². The molecule has 0 radical (unpaired) electrons. The van der Waals surface area contributed by atoms with Crippen molar-refractivity contribution >= 4 is 35.0 Å². The van der Waals surface area contributed by atoms with Crippen LogP contribution in [0.15, 0.2) is 72.8 Å². The molecular formula is C24H22N2O6. The maximum atomic E-state index is 12.6. The molecule has 0 atom stereocenters. The standard InChI is InChI=1S/C24H22N2O6/c1-30-22(27)16-14-19(23(28)31-2)21(20(15-16)24(29)32-3)25-26(17-10-6-4-7-11-17)18-12-8-5-9-13-18/h4-15,25H,1-3H3. The van der Waals surface area contributed by atoms with Gasteiger partial charge in [-0.25, -0.2) is 14.4 Å². The average molecular weight is 434 g/mol. The van der Waals surface area contributed by atoms with Gasteiger partial charge >= 0.3 is 17.9 Å². The fourth-order valence-corrected chi connectivity index (χ4v) is 3.08. The van der Waals surface area contributed by atoms with Crippen LogP contribution in [0.25, 0.3) is 0 Å². The summed E-state index contributed by atoms with van der Waals surface area (Å²) in [6.45, 7) is 0. The summed E-state index contributed by atoms with van der Waals surface area (Å²) < 4.78 is 14.6. The molecule has 0 fully saturated rings. The largest absolute Gasteiger partial charge is 0.465 e. The van der Waals surface area contributed by atoms with Crippen LogP contribution in [-0.2, 0) is 14.2 Å². The zero-order valence-electron chi connectivity index (χ0n) is 17.8. The van der Waals surface area contributed by atoms with E-state index in [1.54, 1.807) is 5.01 Å². The number of para-hydroxylation sites is 2. The molecular weight excluding hydrogens is 412 g/mol. The van der Waals surface area contributed by atoms with Crippen LogP contribution in [0.5, 0.6) is 0 Å². The summed E-state index contributed by atoms with van der Waals surface area (Å²) in [5, 5.41) is 1.70. The Morgan fingerprint density at radius 3 is 1.44 bits per heavy atom. The number of esters is 3. The fraction of sp³-hybridized carbons (Fsp3) is 0.125. The van der Waals surface area contributed by atoms with Gasteiger partial charge in [-0.3, -0.25) is 10.4 Å². The minimum Gasteiger partial charge on any atom is -0.465 e. The van der Waals surface area contributed by atoms with Crippen molar-refractivity contribution < 1.29 is 28.6 Å². The second kappa shape index (κ2) is 10.1. The molecule has 0 heterocycles. The van der Waals surface area contributed by atoms with E-state index in [4.69, 9.17) is 14.2 Å². The van der Waals surface area contributed by atoms with E-state index in [0.29, 0.717) is 0 Å². The summed E-state index contributed by atoms with van der Waals surface area (Å²) in [7, 11) is 3.62. The van der Waals surface area contributed by atoms with Crippen LogP contribution in [0.4, 0.5) is 17.1 Å². The van der Waals surface area contributed by atoms with Gasteiger partial charge < -0.3 is 14.2 Å². The second-order valence-electron chi connectivity index (χ2n) is 6.54. The highest BCUT2D eigenvalue weighted by Gasteiger charge is 2.26. The van der Waals surface area contributed by atoms with Crippen LogP contribution in [0.2, 0.25) is 0 Å². The van der Waals surface area contributed by atoms with Gasteiger partial charge in [0.05, 0.1) is 55.1 Å². The third kappa shape index (κ3) is 4.70. The minimum absolute atomic E-state index is 0.00447. The first kappa shape index (κ1) is 22.4. The Balaban J connectivity index is 2.24. The number of methoxy groups -OCH3 is 3. The molecule has 0 aliphatic heterocycles. The molecule has 0 saturated heterocycles. The Hall–Kier alpha value is -4.33. The molecule has 0 saturated carbocycles. The van der Waals surface area contributed by atoms with E-state index in [0.717, 1.165) is 11.4 Å². The lowest BCUT2D eigenvalue weighted by Crippen LogP contribution is -2.28. The van der Waals surface area contributed by atoms with Gasteiger partial charge in [0.1, 0.15) is 0 Å². The van der Waals surface area contributed by atoms with Gasteiger partial charge in [0, 0.05) is 0 Å². The Labute approximate surface area is 185 Å². The first-order valence-corrected chi connectivity index (χ1v) is 9.60. The summed E-state index contributed by atoms with van der Waals surface area (Å²) in [4.78, 5) is 37.4. The van der Waals surface area contributed by atoms with E-state index >= 15 is 0 Å². The van der Waals surface area contributed by atoms with Crippen molar-refractivity contribution in [1.29, 1.82) is 0 Å². The number of anilines is 3. The zero-order valence-corrected chi connectivity index (χ0v) is 17.8. The zero-order chi connectivity index (χ0) is 23.1. The van der Waals surface area contributed by atoms with E-state index in [1.807, 2.05) is 60.7 Å². The SMILES string of the molecule is COC(=O)c1cc(C(=O)OC)c(NN(c2ccccc2)c2ccccc2)c(C(=O)OC)c1. The summed E-state index contributed by atoms with van der Waals surface area (Å²) in [5.74, 6) is -2.20. The van der Waals surface area contributed by atoms with Gasteiger partial charge in [0.15, 0.2) is 0 Å². The molecule has 3 aromatic carbocycles. The molecule has 8 heteroatoms. The van der Waals surface area contributed by atoms with Crippen molar-refractivity contribution in [2.75, 3.05) is 31.8 Å². The van der Waals surface area contributed by atoms with Crippen molar-refractivity contribution in [2.45, 2.75) is 0 Å². The molecule has 0 amide bonds. The molecule has 1 N–H and O–H groups in total. The molecule has 8 nitrogen and oxygen atoms in total. The van der Waals surface area contributed by atoms with Crippen molar-refractivity contribution in [3.8, 4) is 0 Å². The van der Waals surface area contributed by atoms with Crippen LogP contribution in [0, 0.1) is 0 Å². The predicted molar refractivity (Wildman–Crippen MR) is 119 cm³/mol. The lowest BCUT2D eigenvalue weighted by Gasteiger charge is -2.28. The topological polar surface area (TPSA) is 94.2 Å². The summed E-state index contributed by atoms with van der Waals surface area (Å²) in [6, 6.07) is 21.2. The fourth-order valence-electron chi connectivity index (χ4n) is 3.08. The van der Waals surface area contributed by atoms with E-state index in [-0.39, 0.29) is 22.4 Å². The molecule has 3 rings (SSSR count). The molecule has 0 unspecified atom stereocenters. The Kier molecular flexibility index (Phi) is 7.07. The highest BCUT2D eigenvalue weighted by atomic mass is 16.5. The number of hydrazine groups is 1. The lowest BCUT2D eigenvalue weighted by molar-refractivity contribution is 0.0599. The van der Waals surface area contributed by atoms with Crippen molar-refractivity contribution in [3.63, 3.8) is 0 Å². The molecule has 0 spiro atoms. The van der Waals surface area contributed by atoms with Crippen LogP contribution in [0.3, 0.4) is 0 Å². The predicted octanol–water partition coefficient (Wildman–Crippen LogP) is 4.21. The molecule has 164 valence electrons. The number of nitrogens with zero attached hydrogens (tertiary/aromatic N) is 1. The van der Waals surface area contributed by atoms with Gasteiger partial charge in [-0.15, -0.1) is 0 Å².